The number of benzene rings is 2. The van der Waals surface area contributed by atoms with E-state index in [0.29, 0.717) is 24.0 Å². The van der Waals surface area contributed by atoms with Gasteiger partial charge in [0.05, 0.1) is 17.7 Å². The monoisotopic (exact) mass is 504 g/mol. The van der Waals surface area contributed by atoms with Gasteiger partial charge in [0.15, 0.2) is 11.5 Å². The summed E-state index contributed by atoms with van der Waals surface area (Å²) in [6, 6.07) is 12.2. The Bertz CT molecular complexity index is 1270. The minimum Gasteiger partial charge on any atom is -0.355 e. The third-order valence-electron chi connectivity index (χ3n) is 5.64. The van der Waals surface area contributed by atoms with Crippen molar-refractivity contribution in [1.29, 1.82) is 0 Å². The van der Waals surface area contributed by atoms with Crippen LogP contribution in [-0.2, 0) is 11.0 Å². The zero-order valence-corrected chi connectivity index (χ0v) is 18.7. The molecule has 1 saturated heterocycles. The topological polar surface area (TPSA) is 95.8 Å². The zero-order valence-electron chi connectivity index (χ0n) is 18.7. The molecular formula is C24H20F4N4O4. The summed E-state index contributed by atoms with van der Waals surface area (Å²) >= 11 is 0. The van der Waals surface area contributed by atoms with Crippen LogP contribution >= 0.6 is 0 Å². The number of nitrogens with zero attached hydrogens (tertiary/aromatic N) is 3. The van der Waals surface area contributed by atoms with Crippen molar-refractivity contribution in [2.45, 2.75) is 6.18 Å². The minimum absolute atomic E-state index is 0.00682. The van der Waals surface area contributed by atoms with Crippen LogP contribution in [0.25, 0.3) is 11.3 Å². The molecule has 1 N–H and O–H groups in total. The summed E-state index contributed by atoms with van der Waals surface area (Å²) in [5.74, 6) is -2.60. The highest BCUT2D eigenvalue weighted by Gasteiger charge is 2.37. The van der Waals surface area contributed by atoms with Gasteiger partial charge in [-0.3, -0.25) is 14.4 Å². The van der Waals surface area contributed by atoms with Gasteiger partial charge < -0.3 is 19.6 Å². The quantitative estimate of drug-likeness (QED) is 0.539. The lowest BCUT2D eigenvalue weighted by molar-refractivity contribution is -0.138. The van der Waals surface area contributed by atoms with Crippen molar-refractivity contribution in [3.8, 4) is 11.3 Å². The van der Waals surface area contributed by atoms with E-state index < -0.39 is 40.8 Å². The molecule has 0 unspecified atom stereocenters. The molecule has 0 aliphatic carbocycles. The molecule has 188 valence electrons. The van der Waals surface area contributed by atoms with Gasteiger partial charge in [-0.05, 0) is 18.2 Å². The number of halogens is 4. The predicted molar refractivity (Wildman–Crippen MR) is 118 cm³/mol. The Morgan fingerprint density at radius 1 is 0.944 bits per heavy atom. The fraction of sp³-hybridized carbons (Fsp3) is 0.250. The summed E-state index contributed by atoms with van der Waals surface area (Å²) in [7, 11) is 0. The van der Waals surface area contributed by atoms with Crippen LogP contribution in [0.15, 0.2) is 59.1 Å². The highest BCUT2D eigenvalue weighted by Crippen LogP contribution is 2.33. The number of nitrogens with one attached hydrogen (secondary N) is 1. The third kappa shape index (κ3) is 5.53. The molecule has 3 aromatic rings. The standard InChI is InChI=1S/C24H20F4N4O4/c25-16-6-7-18(24(26,27)28)17(12-16)23(35)32-10-8-31(9-11-32)21(33)14-29-22(34)19-13-20(36-30-19)15-4-2-1-3-5-15/h1-7,12-13H,8-11,14H2,(H,29,34). The lowest BCUT2D eigenvalue weighted by atomic mass is 10.0. The second kappa shape index (κ2) is 10.2. The second-order valence-corrected chi connectivity index (χ2v) is 7.99. The normalized spacial score (nSPS) is 14.0. The molecule has 0 radical (unpaired) electrons. The van der Waals surface area contributed by atoms with Gasteiger partial charge in [-0.2, -0.15) is 13.2 Å². The van der Waals surface area contributed by atoms with Crippen molar-refractivity contribution in [3.05, 3.63) is 77.2 Å². The first-order chi connectivity index (χ1) is 17.1. The van der Waals surface area contributed by atoms with Gasteiger partial charge in [0.2, 0.25) is 5.91 Å². The minimum atomic E-state index is -4.82. The summed E-state index contributed by atoms with van der Waals surface area (Å²) in [5.41, 5.74) is -1.28. The second-order valence-electron chi connectivity index (χ2n) is 7.99. The van der Waals surface area contributed by atoms with E-state index in [2.05, 4.69) is 10.5 Å². The molecule has 3 amide bonds. The number of hydrogen-bond acceptors (Lipinski definition) is 5. The number of carbonyl (C=O) groups excluding carboxylic acids is 3. The average molecular weight is 504 g/mol. The number of hydrogen-bond donors (Lipinski definition) is 1. The molecule has 1 aliphatic rings. The van der Waals surface area contributed by atoms with Crippen LogP contribution in [0.2, 0.25) is 0 Å². The first-order valence-electron chi connectivity index (χ1n) is 10.9. The van der Waals surface area contributed by atoms with Gasteiger partial charge in [0.1, 0.15) is 5.82 Å². The zero-order chi connectivity index (χ0) is 25.9. The average Bonchev–Trinajstić information content (AvgIpc) is 3.37. The van der Waals surface area contributed by atoms with Crippen LogP contribution in [0.3, 0.4) is 0 Å². The Labute approximate surface area is 202 Å². The van der Waals surface area contributed by atoms with Gasteiger partial charge in [0.25, 0.3) is 11.8 Å². The number of aromatic nitrogens is 1. The van der Waals surface area contributed by atoms with E-state index in [1.165, 1.54) is 11.0 Å². The summed E-state index contributed by atoms with van der Waals surface area (Å²) in [4.78, 5) is 40.0. The number of piperazine rings is 1. The molecule has 8 nitrogen and oxygen atoms in total. The molecule has 0 spiro atoms. The first kappa shape index (κ1) is 24.9. The van der Waals surface area contributed by atoms with E-state index in [1.54, 1.807) is 24.3 Å². The molecular weight excluding hydrogens is 484 g/mol. The molecule has 0 saturated carbocycles. The van der Waals surface area contributed by atoms with Crippen molar-refractivity contribution in [1.82, 2.24) is 20.3 Å². The number of amides is 3. The fourth-order valence-electron chi connectivity index (χ4n) is 3.75. The molecule has 1 aromatic heterocycles. The summed E-state index contributed by atoms with van der Waals surface area (Å²) in [5, 5.41) is 6.16. The third-order valence-corrected chi connectivity index (χ3v) is 5.64. The maximum absolute atomic E-state index is 13.6. The first-order valence-corrected chi connectivity index (χ1v) is 10.9. The predicted octanol–water partition coefficient (Wildman–Crippen LogP) is 3.21. The molecule has 4 rings (SSSR count). The smallest absolute Gasteiger partial charge is 0.355 e. The van der Waals surface area contributed by atoms with E-state index in [0.717, 1.165) is 10.5 Å². The Hall–Kier alpha value is -4.22. The van der Waals surface area contributed by atoms with E-state index in [-0.39, 0.29) is 38.4 Å². The molecule has 1 aliphatic heterocycles. The molecule has 1 fully saturated rings. The Morgan fingerprint density at radius 2 is 1.61 bits per heavy atom. The lowest BCUT2D eigenvalue weighted by Crippen LogP contribution is -2.52. The maximum atomic E-state index is 13.6. The molecule has 2 aromatic carbocycles. The van der Waals surface area contributed by atoms with Crippen molar-refractivity contribution in [3.63, 3.8) is 0 Å². The molecule has 12 heteroatoms. The van der Waals surface area contributed by atoms with Crippen LogP contribution in [0.1, 0.15) is 26.4 Å². The van der Waals surface area contributed by atoms with Gasteiger partial charge in [0, 0.05) is 37.8 Å². The van der Waals surface area contributed by atoms with Crippen LogP contribution in [0.4, 0.5) is 17.6 Å². The Morgan fingerprint density at radius 3 is 2.28 bits per heavy atom. The summed E-state index contributed by atoms with van der Waals surface area (Å²) < 4.78 is 58.5. The van der Waals surface area contributed by atoms with E-state index in [4.69, 9.17) is 4.52 Å². The van der Waals surface area contributed by atoms with Crippen molar-refractivity contribution >= 4 is 17.7 Å². The summed E-state index contributed by atoms with van der Waals surface area (Å²) in [6.45, 7) is -0.354. The van der Waals surface area contributed by atoms with E-state index in [9.17, 15) is 31.9 Å². The van der Waals surface area contributed by atoms with Gasteiger partial charge in [-0.15, -0.1) is 0 Å². The largest absolute Gasteiger partial charge is 0.417 e. The number of alkyl halides is 3. The van der Waals surface area contributed by atoms with Crippen LogP contribution in [0.5, 0.6) is 0 Å². The van der Waals surface area contributed by atoms with Crippen molar-refractivity contribution in [2.24, 2.45) is 0 Å². The van der Waals surface area contributed by atoms with Crippen molar-refractivity contribution in [2.75, 3.05) is 32.7 Å². The molecule has 0 bridgehead atoms. The lowest BCUT2D eigenvalue weighted by Gasteiger charge is -2.35. The molecule has 0 atom stereocenters. The van der Waals surface area contributed by atoms with Crippen LogP contribution < -0.4 is 5.32 Å². The SMILES string of the molecule is O=C(NCC(=O)N1CCN(C(=O)c2cc(F)ccc2C(F)(F)F)CC1)c1cc(-c2ccccc2)on1. The van der Waals surface area contributed by atoms with Gasteiger partial charge in [-0.25, -0.2) is 4.39 Å². The highest BCUT2D eigenvalue weighted by atomic mass is 19.4. The van der Waals surface area contributed by atoms with Gasteiger partial charge in [-0.1, -0.05) is 35.5 Å². The Kier molecular flexibility index (Phi) is 7.04. The van der Waals surface area contributed by atoms with E-state index in [1.807, 2.05) is 6.07 Å². The Balaban J connectivity index is 1.30. The number of carbonyl (C=O) groups is 3. The van der Waals surface area contributed by atoms with Gasteiger partial charge >= 0.3 is 6.18 Å². The van der Waals surface area contributed by atoms with Crippen molar-refractivity contribution < 1.29 is 36.5 Å². The van der Waals surface area contributed by atoms with Crippen LogP contribution in [-0.4, -0.2) is 65.4 Å². The molecule has 2 heterocycles. The van der Waals surface area contributed by atoms with E-state index >= 15 is 0 Å². The highest BCUT2D eigenvalue weighted by molar-refractivity contribution is 5.97. The summed E-state index contributed by atoms with van der Waals surface area (Å²) in [6.07, 6.45) is -4.82. The maximum Gasteiger partial charge on any atom is 0.417 e. The number of rotatable bonds is 5. The van der Waals surface area contributed by atoms with Crippen LogP contribution in [0, 0.1) is 5.82 Å². The fourth-order valence-corrected chi connectivity index (χ4v) is 3.75. The molecule has 36 heavy (non-hydrogen) atoms.